The molecule has 0 amide bonds. The van der Waals surface area contributed by atoms with Gasteiger partial charge in [0.1, 0.15) is 5.82 Å². The number of aryl methyl sites for hydroxylation is 1. The molecule has 0 aliphatic heterocycles. The van der Waals surface area contributed by atoms with E-state index in [0.29, 0.717) is 10.8 Å². The SMILES string of the molecule is Cc1ccccc1NC(=S)Nc1ccccc1F. The summed E-state index contributed by atoms with van der Waals surface area (Å²) in [4.78, 5) is 0. The van der Waals surface area contributed by atoms with Crippen LogP contribution in [0.5, 0.6) is 0 Å². The van der Waals surface area contributed by atoms with Gasteiger partial charge in [-0.3, -0.25) is 0 Å². The second kappa shape index (κ2) is 5.60. The second-order valence-electron chi connectivity index (χ2n) is 3.87. The van der Waals surface area contributed by atoms with E-state index < -0.39 is 0 Å². The average molecular weight is 260 g/mol. The van der Waals surface area contributed by atoms with Crippen LogP contribution >= 0.6 is 12.2 Å². The maximum atomic E-state index is 13.4. The molecular weight excluding hydrogens is 247 g/mol. The molecule has 0 spiro atoms. The molecule has 0 saturated carbocycles. The van der Waals surface area contributed by atoms with Crippen LogP contribution in [-0.4, -0.2) is 5.11 Å². The largest absolute Gasteiger partial charge is 0.332 e. The molecule has 0 unspecified atom stereocenters. The molecule has 0 radical (unpaired) electrons. The Hall–Kier alpha value is -1.94. The van der Waals surface area contributed by atoms with Crippen LogP contribution in [0.4, 0.5) is 15.8 Å². The van der Waals surface area contributed by atoms with E-state index in [4.69, 9.17) is 12.2 Å². The fourth-order valence-corrected chi connectivity index (χ4v) is 1.77. The minimum absolute atomic E-state index is 0.327. The molecule has 92 valence electrons. The fraction of sp³-hybridized carbons (Fsp3) is 0.0714. The van der Waals surface area contributed by atoms with Crippen LogP contribution in [0.25, 0.3) is 0 Å². The van der Waals surface area contributed by atoms with Gasteiger partial charge in [-0.1, -0.05) is 30.3 Å². The van der Waals surface area contributed by atoms with E-state index in [1.54, 1.807) is 18.2 Å². The average Bonchev–Trinajstić information content (AvgIpc) is 2.35. The molecule has 0 aromatic heterocycles. The highest BCUT2D eigenvalue weighted by Crippen LogP contribution is 2.15. The van der Waals surface area contributed by atoms with Crippen molar-refractivity contribution in [3.63, 3.8) is 0 Å². The zero-order valence-electron chi connectivity index (χ0n) is 9.91. The van der Waals surface area contributed by atoms with Crippen LogP contribution < -0.4 is 10.6 Å². The number of halogens is 1. The summed E-state index contributed by atoms with van der Waals surface area (Å²) in [5.41, 5.74) is 2.35. The normalized spacial score (nSPS) is 9.89. The number of thiocarbonyl (C=S) groups is 1. The van der Waals surface area contributed by atoms with Gasteiger partial charge in [-0.05, 0) is 42.9 Å². The summed E-state index contributed by atoms with van der Waals surface area (Å²) in [5, 5.41) is 6.24. The molecule has 0 heterocycles. The van der Waals surface area contributed by atoms with E-state index in [1.807, 2.05) is 31.2 Å². The summed E-state index contributed by atoms with van der Waals surface area (Å²) in [7, 11) is 0. The molecule has 0 bridgehead atoms. The van der Waals surface area contributed by atoms with Gasteiger partial charge in [-0.25, -0.2) is 4.39 Å². The molecule has 4 heteroatoms. The van der Waals surface area contributed by atoms with Crippen LogP contribution in [0.2, 0.25) is 0 Å². The van der Waals surface area contributed by atoms with Crippen LogP contribution in [0.1, 0.15) is 5.56 Å². The molecule has 0 saturated heterocycles. The second-order valence-corrected chi connectivity index (χ2v) is 4.28. The minimum Gasteiger partial charge on any atom is -0.332 e. The summed E-state index contributed by atoms with van der Waals surface area (Å²) in [6.45, 7) is 1.98. The smallest absolute Gasteiger partial charge is 0.175 e. The monoisotopic (exact) mass is 260 g/mol. The maximum Gasteiger partial charge on any atom is 0.175 e. The van der Waals surface area contributed by atoms with Gasteiger partial charge < -0.3 is 10.6 Å². The number of anilines is 2. The van der Waals surface area contributed by atoms with Gasteiger partial charge in [0.2, 0.25) is 0 Å². The highest BCUT2D eigenvalue weighted by Gasteiger charge is 2.04. The summed E-state index contributed by atoms with van der Waals surface area (Å²) in [6.07, 6.45) is 0. The molecule has 18 heavy (non-hydrogen) atoms. The third-order valence-corrected chi connectivity index (χ3v) is 2.72. The molecule has 2 N–H and O–H groups in total. The first-order valence-corrected chi connectivity index (χ1v) is 5.96. The Balaban J connectivity index is 2.06. The van der Waals surface area contributed by atoms with E-state index >= 15 is 0 Å². The van der Waals surface area contributed by atoms with Gasteiger partial charge >= 0.3 is 0 Å². The summed E-state index contributed by atoms with van der Waals surface area (Å²) >= 11 is 5.15. The molecule has 0 atom stereocenters. The molecule has 2 rings (SSSR count). The topological polar surface area (TPSA) is 24.1 Å². The lowest BCUT2D eigenvalue weighted by Gasteiger charge is -2.12. The maximum absolute atomic E-state index is 13.4. The van der Waals surface area contributed by atoms with Crippen molar-refractivity contribution >= 4 is 28.7 Å². The number of hydrogen-bond acceptors (Lipinski definition) is 1. The lowest BCUT2D eigenvalue weighted by atomic mass is 10.2. The number of nitrogens with one attached hydrogen (secondary N) is 2. The first-order valence-electron chi connectivity index (χ1n) is 5.55. The molecule has 2 nitrogen and oxygen atoms in total. The zero-order chi connectivity index (χ0) is 13.0. The summed E-state index contributed by atoms with van der Waals surface area (Å²) in [6, 6.07) is 14.2. The molecule has 0 aliphatic carbocycles. The van der Waals surface area contributed by atoms with Gasteiger partial charge in [-0.15, -0.1) is 0 Å². The lowest BCUT2D eigenvalue weighted by molar-refractivity contribution is 0.632. The Labute approximate surface area is 111 Å². The van der Waals surface area contributed by atoms with E-state index in [9.17, 15) is 4.39 Å². The van der Waals surface area contributed by atoms with Crippen LogP contribution in [0.15, 0.2) is 48.5 Å². The predicted octanol–water partition coefficient (Wildman–Crippen LogP) is 3.94. The minimum atomic E-state index is -0.327. The van der Waals surface area contributed by atoms with Gasteiger partial charge in [0.05, 0.1) is 5.69 Å². The van der Waals surface area contributed by atoms with Crippen molar-refractivity contribution < 1.29 is 4.39 Å². The molecule has 0 fully saturated rings. The Morgan fingerprint density at radius 1 is 0.944 bits per heavy atom. The van der Waals surface area contributed by atoms with E-state index in [-0.39, 0.29) is 5.82 Å². The summed E-state index contributed by atoms with van der Waals surface area (Å²) in [5.74, 6) is -0.327. The van der Waals surface area contributed by atoms with Crippen molar-refractivity contribution in [1.82, 2.24) is 0 Å². The van der Waals surface area contributed by atoms with Gasteiger partial charge in [-0.2, -0.15) is 0 Å². The Morgan fingerprint density at radius 2 is 1.50 bits per heavy atom. The molecule has 0 aliphatic rings. The molecule has 2 aromatic rings. The van der Waals surface area contributed by atoms with Gasteiger partial charge in [0.25, 0.3) is 0 Å². The number of benzene rings is 2. The predicted molar refractivity (Wildman–Crippen MR) is 77.4 cm³/mol. The van der Waals surface area contributed by atoms with Gasteiger partial charge in [0.15, 0.2) is 5.11 Å². The highest BCUT2D eigenvalue weighted by molar-refractivity contribution is 7.80. The third-order valence-electron chi connectivity index (χ3n) is 2.52. The van der Waals surface area contributed by atoms with E-state index in [0.717, 1.165) is 11.3 Å². The third kappa shape index (κ3) is 3.05. The Kier molecular flexibility index (Phi) is 3.89. The Morgan fingerprint density at radius 3 is 2.17 bits per heavy atom. The Bertz CT molecular complexity index is 520. The standard InChI is InChI=1S/C14H13FN2S/c1-10-6-2-4-8-12(10)16-14(18)17-13-9-5-3-7-11(13)15/h2-9H,1H3,(H2,16,17,18). The number of hydrogen-bond donors (Lipinski definition) is 2. The van der Waals surface area contributed by atoms with Crippen molar-refractivity contribution in [1.29, 1.82) is 0 Å². The lowest BCUT2D eigenvalue weighted by Crippen LogP contribution is -2.20. The highest BCUT2D eigenvalue weighted by atomic mass is 32.1. The first-order chi connectivity index (χ1) is 8.66. The number of para-hydroxylation sites is 2. The molecule has 2 aromatic carbocycles. The summed E-state index contributed by atoms with van der Waals surface area (Å²) < 4.78 is 13.4. The van der Waals surface area contributed by atoms with Crippen LogP contribution in [0, 0.1) is 12.7 Å². The van der Waals surface area contributed by atoms with E-state index in [1.165, 1.54) is 6.07 Å². The van der Waals surface area contributed by atoms with Crippen molar-refractivity contribution in [3.8, 4) is 0 Å². The zero-order valence-corrected chi connectivity index (χ0v) is 10.7. The fourth-order valence-electron chi connectivity index (χ4n) is 1.55. The van der Waals surface area contributed by atoms with Crippen LogP contribution in [-0.2, 0) is 0 Å². The number of rotatable bonds is 2. The van der Waals surface area contributed by atoms with Gasteiger partial charge in [0, 0.05) is 5.69 Å². The van der Waals surface area contributed by atoms with Crippen molar-refractivity contribution in [2.24, 2.45) is 0 Å². The van der Waals surface area contributed by atoms with Crippen molar-refractivity contribution in [3.05, 3.63) is 59.9 Å². The van der Waals surface area contributed by atoms with Crippen LogP contribution in [0.3, 0.4) is 0 Å². The first kappa shape index (κ1) is 12.5. The van der Waals surface area contributed by atoms with E-state index in [2.05, 4.69) is 10.6 Å². The van der Waals surface area contributed by atoms with Crippen molar-refractivity contribution in [2.45, 2.75) is 6.92 Å². The quantitative estimate of drug-likeness (QED) is 0.800. The molecular formula is C14H13FN2S. The van der Waals surface area contributed by atoms with Crippen molar-refractivity contribution in [2.75, 3.05) is 10.6 Å².